The minimum Gasteiger partial charge on any atom is -0.353 e. The number of rotatable bonds is 2. The van der Waals surface area contributed by atoms with Crippen LogP contribution in [0.25, 0.3) is 11.2 Å². The molecule has 4 rings (SSSR count). The van der Waals surface area contributed by atoms with Crippen LogP contribution in [0.15, 0.2) is 31.2 Å². The van der Waals surface area contributed by atoms with E-state index in [-0.39, 0.29) is 0 Å². The molecule has 0 bridgehead atoms. The number of fused-ring (bicyclic) bond motifs is 1. The SMILES string of the molecule is Cn1cnc2c(N3CCN(c4ccncn4)CC3)ncnc21. The molecule has 1 saturated heterocycles. The fourth-order valence-corrected chi connectivity index (χ4v) is 2.78. The van der Waals surface area contributed by atoms with Gasteiger partial charge >= 0.3 is 0 Å². The average Bonchev–Trinajstić information content (AvgIpc) is 2.97. The summed E-state index contributed by atoms with van der Waals surface area (Å²) >= 11 is 0. The summed E-state index contributed by atoms with van der Waals surface area (Å²) in [6.45, 7) is 3.56. The second kappa shape index (κ2) is 5.21. The molecule has 112 valence electrons. The van der Waals surface area contributed by atoms with Crippen molar-refractivity contribution in [1.29, 1.82) is 0 Å². The molecular formula is C14H16N8. The van der Waals surface area contributed by atoms with Crippen molar-refractivity contribution in [3.05, 3.63) is 31.2 Å². The Morgan fingerprint density at radius 1 is 0.909 bits per heavy atom. The first kappa shape index (κ1) is 12.9. The lowest BCUT2D eigenvalue weighted by atomic mass is 10.3. The fourth-order valence-electron chi connectivity index (χ4n) is 2.78. The first-order valence-corrected chi connectivity index (χ1v) is 7.21. The highest BCUT2D eigenvalue weighted by Crippen LogP contribution is 2.23. The summed E-state index contributed by atoms with van der Waals surface area (Å²) in [5.41, 5.74) is 1.73. The van der Waals surface area contributed by atoms with Gasteiger partial charge in [-0.15, -0.1) is 0 Å². The third kappa shape index (κ3) is 2.12. The molecular weight excluding hydrogens is 280 g/mol. The zero-order valence-corrected chi connectivity index (χ0v) is 12.3. The molecule has 0 unspecified atom stereocenters. The number of hydrogen-bond donors (Lipinski definition) is 0. The van der Waals surface area contributed by atoms with E-state index in [4.69, 9.17) is 0 Å². The molecule has 1 aliphatic heterocycles. The molecule has 0 atom stereocenters. The van der Waals surface area contributed by atoms with E-state index in [1.807, 2.05) is 17.7 Å². The van der Waals surface area contributed by atoms with Crippen molar-refractivity contribution in [3.63, 3.8) is 0 Å². The summed E-state index contributed by atoms with van der Waals surface area (Å²) in [6, 6.07) is 1.94. The van der Waals surface area contributed by atoms with E-state index >= 15 is 0 Å². The second-order valence-corrected chi connectivity index (χ2v) is 5.27. The maximum atomic E-state index is 4.44. The molecule has 0 aromatic carbocycles. The van der Waals surface area contributed by atoms with Crippen molar-refractivity contribution in [2.24, 2.45) is 7.05 Å². The third-order valence-electron chi connectivity index (χ3n) is 3.95. The molecule has 1 fully saturated rings. The van der Waals surface area contributed by atoms with Gasteiger partial charge in [-0.05, 0) is 6.07 Å². The second-order valence-electron chi connectivity index (χ2n) is 5.27. The maximum Gasteiger partial charge on any atom is 0.165 e. The number of piperazine rings is 1. The quantitative estimate of drug-likeness (QED) is 0.680. The standard InChI is InChI=1S/C14H16N8/c1-20-10-19-12-13(20)17-9-18-14(12)22-6-4-21(5-7-22)11-2-3-15-8-16-11/h2-3,8-10H,4-7H2,1H3. The Hall–Kier alpha value is -2.77. The Labute approximate surface area is 127 Å². The lowest BCUT2D eigenvalue weighted by molar-refractivity contribution is 0.642. The Balaban J connectivity index is 1.56. The minimum atomic E-state index is 0.862. The van der Waals surface area contributed by atoms with Crippen LogP contribution in [0.3, 0.4) is 0 Å². The van der Waals surface area contributed by atoms with Gasteiger partial charge in [0.25, 0.3) is 0 Å². The first-order valence-electron chi connectivity index (χ1n) is 7.21. The number of hydrogen-bond acceptors (Lipinski definition) is 7. The minimum absolute atomic E-state index is 0.862. The van der Waals surface area contributed by atoms with E-state index in [1.165, 1.54) is 0 Å². The van der Waals surface area contributed by atoms with Crippen LogP contribution >= 0.6 is 0 Å². The molecule has 0 saturated carbocycles. The zero-order valence-electron chi connectivity index (χ0n) is 12.3. The summed E-state index contributed by atoms with van der Waals surface area (Å²) in [7, 11) is 1.94. The smallest absolute Gasteiger partial charge is 0.165 e. The summed E-state index contributed by atoms with van der Waals surface area (Å²) < 4.78 is 1.91. The van der Waals surface area contributed by atoms with Crippen LogP contribution in [0.2, 0.25) is 0 Å². The van der Waals surface area contributed by atoms with Crippen LogP contribution in [0.1, 0.15) is 0 Å². The van der Waals surface area contributed by atoms with Crippen molar-refractivity contribution in [2.45, 2.75) is 0 Å². The van der Waals surface area contributed by atoms with Crippen molar-refractivity contribution in [2.75, 3.05) is 36.0 Å². The zero-order chi connectivity index (χ0) is 14.9. The van der Waals surface area contributed by atoms with E-state index in [2.05, 4.69) is 34.7 Å². The van der Waals surface area contributed by atoms with Gasteiger partial charge in [-0.2, -0.15) is 0 Å². The third-order valence-corrected chi connectivity index (χ3v) is 3.95. The van der Waals surface area contributed by atoms with Crippen LogP contribution < -0.4 is 9.80 Å². The van der Waals surface area contributed by atoms with Crippen molar-refractivity contribution < 1.29 is 0 Å². The van der Waals surface area contributed by atoms with Gasteiger partial charge in [-0.25, -0.2) is 24.9 Å². The Bertz CT molecular complexity index is 776. The highest BCUT2D eigenvalue weighted by molar-refractivity contribution is 5.83. The van der Waals surface area contributed by atoms with Crippen LogP contribution in [0, 0.1) is 0 Å². The topological polar surface area (TPSA) is 75.9 Å². The molecule has 3 aromatic heterocycles. The maximum absolute atomic E-state index is 4.44. The number of anilines is 2. The van der Waals surface area contributed by atoms with Crippen LogP contribution in [-0.2, 0) is 7.05 Å². The van der Waals surface area contributed by atoms with Gasteiger partial charge in [0.15, 0.2) is 17.0 Å². The van der Waals surface area contributed by atoms with E-state index in [0.717, 1.165) is 49.0 Å². The fraction of sp³-hybridized carbons (Fsp3) is 0.357. The van der Waals surface area contributed by atoms with E-state index in [1.54, 1.807) is 25.2 Å². The number of nitrogens with zero attached hydrogens (tertiary/aromatic N) is 8. The summed E-state index contributed by atoms with van der Waals surface area (Å²) in [5, 5.41) is 0. The van der Waals surface area contributed by atoms with Crippen molar-refractivity contribution in [3.8, 4) is 0 Å². The molecule has 0 N–H and O–H groups in total. The number of imidazole rings is 1. The molecule has 3 aromatic rings. The lowest BCUT2D eigenvalue weighted by Gasteiger charge is -2.35. The molecule has 22 heavy (non-hydrogen) atoms. The number of aryl methyl sites for hydroxylation is 1. The van der Waals surface area contributed by atoms with Crippen LogP contribution in [0.4, 0.5) is 11.6 Å². The van der Waals surface area contributed by atoms with Gasteiger partial charge < -0.3 is 14.4 Å². The Kier molecular flexibility index (Phi) is 3.06. The van der Waals surface area contributed by atoms with Crippen molar-refractivity contribution >= 4 is 22.8 Å². The summed E-state index contributed by atoms with van der Waals surface area (Å²) in [5.74, 6) is 1.88. The monoisotopic (exact) mass is 296 g/mol. The van der Waals surface area contributed by atoms with Gasteiger partial charge in [0, 0.05) is 39.4 Å². The van der Waals surface area contributed by atoms with E-state index in [0.29, 0.717) is 0 Å². The Morgan fingerprint density at radius 2 is 1.73 bits per heavy atom. The van der Waals surface area contributed by atoms with Gasteiger partial charge in [0.05, 0.1) is 6.33 Å². The van der Waals surface area contributed by atoms with E-state index < -0.39 is 0 Å². The normalized spacial score (nSPS) is 15.5. The van der Waals surface area contributed by atoms with Gasteiger partial charge in [-0.1, -0.05) is 0 Å². The van der Waals surface area contributed by atoms with Gasteiger partial charge in [-0.3, -0.25) is 0 Å². The van der Waals surface area contributed by atoms with Crippen LogP contribution in [0.5, 0.6) is 0 Å². The predicted octanol–water partition coefficient (Wildman–Crippen LogP) is 0.480. The molecule has 1 aliphatic rings. The lowest BCUT2D eigenvalue weighted by Crippen LogP contribution is -2.47. The molecule has 4 heterocycles. The molecule has 8 nitrogen and oxygen atoms in total. The molecule has 0 spiro atoms. The average molecular weight is 296 g/mol. The first-order chi connectivity index (χ1) is 10.8. The van der Waals surface area contributed by atoms with E-state index in [9.17, 15) is 0 Å². The molecule has 8 heteroatoms. The molecule has 0 amide bonds. The summed E-state index contributed by atoms with van der Waals surface area (Å²) in [6.07, 6.45) is 6.75. The highest BCUT2D eigenvalue weighted by atomic mass is 15.3. The van der Waals surface area contributed by atoms with Gasteiger partial charge in [0.2, 0.25) is 0 Å². The molecule has 0 aliphatic carbocycles. The molecule has 0 radical (unpaired) electrons. The van der Waals surface area contributed by atoms with Crippen molar-refractivity contribution in [1.82, 2.24) is 29.5 Å². The Morgan fingerprint density at radius 3 is 2.50 bits per heavy atom. The van der Waals surface area contributed by atoms with Crippen LogP contribution in [-0.4, -0.2) is 55.7 Å². The largest absolute Gasteiger partial charge is 0.353 e. The van der Waals surface area contributed by atoms with Gasteiger partial charge in [0.1, 0.15) is 18.5 Å². The predicted molar refractivity (Wildman–Crippen MR) is 82.8 cm³/mol. The highest BCUT2D eigenvalue weighted by Gasteiger charge is 2.21. The summed E-state index contributed by atoms with van der Waals surface area (Å²) in [4.78, 5) is 26.0. The number of aromatic nitrogens is 6.